The van der Waals surface area contributed by atoms with Crippen LogP contribution in [0.2, 0.25) is 0 Å². The van der Waals surface area contributed by atoms with Crippen molar-refractivity contribution in [3.8, 4) is 0 Å². The molecule has 0 spiro atoms. The Bertz CT molecular complexity index is 511. The van der Waals surface area contributed by atoms with E-state index >= 15 is 0 Å². The minimum atomic E-state index is 0.954. The highest BCUT2D eigenvalue weighted by molar-refractivity contribution is 5.85. The summed E-state index contributed by atoms with van der Waals surface area (Å²) in [7, 11) is 2.00. The number of rotatable bonds is 2. The van der Waals surface area contributed by atoms with E-state index in [2.05, 4.69) is 28.5 Å². The predicted octanol–water partition coefficient (Wildman–Crippen LogP) is 2.77. The van der Waals surface area contributed by atoms with Crippen molar-refractivity contribution in [1.29, 1.82) is 0 Å². The van der Waals surface area contributed by atoms with Crippen molar-refractivity contribution in [1.82, 2.24) is 10.3 Å². The lowest BCUT2D eigenvalue weighted by atomic mass is 9.95. The quantitative estimate of drug-likeness (QED) is 0.790. The SMILES string of the molecule is CNCc1ccc2[nH]c3c(c2c1)CCCC3. The van der Waals surface area contributed by atoms with E-state index < -0.39 is 0 Å². The van der Waals surface area contributed by atoms with Crippen LogP contribution < -0.4 is 5.32 Å². The van der Waals surface area contributed by atoms with Gasteiger partial charge < -0.3 is 10.3 Å². The van der Waals surface area contributed by atoms with Gasteiger partial charge in [0.1, 0.15) is 0 Å². The van der Waals surface area contributed by atoms with Gasteiger partial charge in [-0.2, -0.15) is 0 Å². The van der Waals surface area contributed by atoms with Crippen molar-refractivity contribution in [2.24, 2.45) is 0 Å². The number of aromatic amines is 1. The van der Waals surface area contributed by atoms with Crippen LogP contribution in [0.4, 0.5) is 0 Å². The molecule has 1 aromatic heterocycles. The van der Waals surface area contributed by atoms with E-state index in [4.69, 9.17) is 0 Å². The van der Waals surface area contributed by atoms with Gasteiger partial charge in [0.25, 0.3) is 0 Å². The van der Waals surface area contributed by atoms with Gasteiger partial charge in [-0.3, -0.25) is 0 Å². The van der Waals surface area contributed by atoms with Crippen LogP contribution in [0.5, 0.6) is 0 Å². The highest BCUT2D eigenvalue weighted by Crippen LogP contribution is 2.29. The van der Waals surface area contributed by atoms with E-state index in [0.29, 0.717) is 0 Å². The number of H-pyrrole nitrogens is 1. The van der Waals surface area contributed by atoms with Crippen molar-refractivity contribution in [3.05, 3.63) is 35.0 Å². The largest absolute Gasteiger partial charge is 0.358 e. The summed E-state index contributed by atoms with van der Waals surface area (Å²) in [5, 5.41) is 4.66. The number of hydrogen-bond donors (Lipinski definition) is 2. The fourth-order valence-electron chi connectivity index (χ4n) is 2.77. The van der Waals surface area contributed by atoms with Crippen LogP contribution in [0.25, 0.3) is 10.9 Å². The topological polar surface area (TPSA) is 27.8 Å². The Morgan fingerprint density at radius 3 is 3.00 bits per heavy atom. The zero-order valence-corrected chi connectivity index (χ0v) is 9.77. The molecule has 16 heavy (non-hydrogen) atoms. The molecule has 0 fully saturated rings. The lowest BCUT2D eigenvalue weighted by molar-refractivity contribution is 0.680. The minimum Gasteiger partial charge on any atom is -0.358 e. The number of nitrogens with one attached hydrogen (secondary N) is 2. The third-order valence-electron chi connectivity index (χ3n) is 3.54. The lowest BCUT2D eigenvalue weighted by Gasteiger charge is -2.10. The Morgan fingerprint density at radius 1 is 1.25 bits per heavy atom. The molecule has 0 bridgehead atoms. The third-order valence-corrected chi connectivity index (χ3v) is 3.54. The average Bonchev–Trinajstić information content (AvgIpc) is 2.68. The second-order valence-corrected chi connectivity index (χ2v) is 4.70. The van der Waals surface area contributed by atoms with E-state index in [9.17, 15) is 0 Å². The summed E-state index contributed by atoms with van der Waals surface area (Å²) in [6, 6.07) is 6.77. The van der Waals surface area contributed by atoms with Gasteiger partial charge in [0, 0.05) is 23.1 Å². The summed E-state index contributed by atoms with van der Waals surface area (Å²) in [5.74, 6) is 0. The molecule has 0 atom stereocenters. The third kappa shape index (κ3) is 1.54. The first-order valence-corrected chi connectivity index (χ1v) is 6.15. The number of hydrogen-bond acceptors (Lipinski definition) is 1. The van der Waals surface area contributed by atoms with Crippen LogP contribution in [0.1, 0.15) is 29.7 Å². The normalized spacial score (nSPS) is 15.3. The fraction of sp³-hybridized carbons (Fsp3) is 0.429. The second kappa shape index (κ2) is 3.95. The van der Waals surface area contributed by atoms with Crippen LogP contribution in [0.3, 0.4) is 0 Å². The van der Waals surface area contributed by atoms with Crippen molar-refractivity contribution < 1.29 is 0 Å². The molecule has 2 aromatic rings. The Morgan fingerprint density at radius 2 is 2.12 bits per heavy atom. The highest BCUT2D eigenvalue weighted by Gasteiger charge is 2.14. The molecule has 0 aliphatic heterocycles. The Balaban J connectivity index is 2.13. The second-order valence-electron chi connectivity index (χ2n) is 4.70. The average molecular weight is 214 g/mol. The maximum atomic E-state index is 3.56. The summed E-state index contributed by atoms with van der Waals surface area (Å²) in [5.41, 5.74) is 5.73. The molecule has 1 aliphatic rings. The van der Waals surface area contributed by atoms with Gasteiger partial charge in [-0.1, -0.05) is 6.07 Å². The first kappa shape index (κ1) is 9.91. The Hall–Kier alpha value is -1.28. The maximum Gasteiger partial charge on any atom is 0.0459 e. The Labute approximate surface area is 96.1 Å². The molecule has 0 amide bonds. The standard InChI is InChI=1S/C14H18N2/c1-15-9-10-6-7-14-12(8-10)11-4-2-3-5-13(11)16-14/h6-8,15-16H,2-5,9H2,1H3. The molecule has 84 valence electrons. The summed E-state index contributed by atoms with van der Waals surface area (Å²) in [6.45, 7) is 0.954. The van der Waals surface area contributed by atoms with Gasteiger partial charge in [0.2, 0.25) is 0 Å². The van der Waals surface area contributed by atoms with E-state index in [1.807, 2.05) is 7.05 Å². The van der Waals surface area contributed by atoms with Gasteiger partial charge >= 0.3 is 0 Å². The van der Waals surface area contributed by atoms with Gasteiger partial charge in [-0.25, -0.2) is 0 Å². The minimum absolute atomic E-state index is 0.954. The summed E-state index contributed by atoms with van der Waals surface area (Å²) in [6.07, 6.45) is 5.16. The molecule has 0 saturated carbocycles. The van der Waals surface area contributed by atoms with Crippen LogP contribution in [-0.2, 0) is 19.4 Å². The molecule has 2 nitrogen and oxygen atoms in total. The van der Waals surface area contributed by atoms with Gasteiger partial charge in [0.15, 0.2) is 0 Å². The zero-order chi connectivity index (χ0) is 11.0. The summed E-state index contributed by atoms with van der Waals surface area (Å²) >= 11 is 0. The van der Waals surface area contributed by atoms with E-state index in [1.165, 1.54) is 47.8 Å². The smallest absolute Gasteiger partial charge is 0.0459 e. The zero-order valence-electron chi connectivity index (χ0n) is 9.77. The lowest BCUT2D eigenvalue weighted by Crippen LogP contribution is -2.04. The molecule has 0 radical (unpaired) electrons. The van der Waals surface area contributed by atoms with Crippen molar-refractivity contribution in [2.75, 3.05) is 7.05 Å². The number of aromatic nitrogens is 1. The van der Waals surface area contributed by atoms with Crippen LogP contribution in [0.15, 0.2) is 18.2 Å². The highest BCUT2D eigenvalue weighted by atomic mass is 14.8. The van der Waals surface area contributed by atoms with Crippen LogP contribution in [-0.4, -0.2) is 12.0 Å². The van der Waals surface area contributed by atoms with Crippen molar-refractivity contribution in [3.63, 3.8) is 0 Å². The van der Waals surface area contributed by atoms with Crippen LogP contribution >= 0.6 is 0 Å². The number of fused-ring (bicyclic) bond motifs is 3. The fourth-order valence-corrected chi connectivity index (χ4v) is 2.77. The number of benzene rings is 1. The Kier molecular flexibility index (Phi) is 2.44. The molecule has 1 aliphatic carbocycles. The van der Waals surface area contributed by atoms with Gasteiger partial charge in [-0.05, 0) is 56.0 Å². The van der Waals surface area contributed by atoms with Gasteiger partial charge in [-0.15, -0.1) is 0 Å². The summed E-state index contributed by atoms with van der Waals surface area (Å²) < 4.78 is 0. The predicted molar refractivity (Wildman–Crippen MR) is 67.7 cm³/mol. The van der Waals surface area contributed by atoms with Gasteiger partial charge in [0.05, 0.1) is 0 Å². The maximum absolute atomic E-state index is 3.56. The molecule has 1 aromatic carbocycles. The van der Waals surface area contributed by atoms with E-state index in [-0.39, 0.29) is 0 Å². The molecule has 0 unspecified atom stereocenters. The molecule has 3 rings (SSSR count). The molecule has 0 saturated heterocycles. The van der Waals surface area contributed by atoms with Crippen molar-refractivity contribution in [2.45, 2.75) is 32.2 Å². The van der Waals surface area contributed by atoms with E-state index in [1.54, 1.807) is 5.56 Å². The first-order chi connectivity index (χ1) is 7.88. The molecular formula is C14H18N2. The van der Waals surface area contributed by atoms with E-state index in [0.717, 1.165) is 6.54 Å². The molecular weight excluding hydrogens is 196 g/mol. The summed E-state index contributed by atoms with van der Waals surface area (Å²) in [4.78, 5) is 3.56. The first-order valence-electron chi connectivity index (χ1n) is 6.15. The van der Waals surface area contributed by atoms with Crippen LogP contribution in [0, 0.1) is 0 Å². The molecule has 2 heteroatoms. The van der Waals surface area contributed by atoms with Crippen molar-refractivity contribution >= 4 is 10.9 Å². The number of aryl methyl sites for hydroxylation is 2. The molecule has 1 heterocycles. The monoisotopic (exact) mass is 214 g/mol. The molecule has 2 N–H and O–H groups in total.